The van der Waals surface area contributed by atoms with Crippen LogP contribution in [0.4, 0.5) is 32.0 Å². The number of halogens is 6. The first-order valence-electron chi connectivity index (χ1n) is 9.49. The van der Waals surface area contributed by atoms with Crippen molar-refractivity contribution in [2.24, 2.45) is 0 Å². The topological polar surface area (TPSA) is 58.6 Å². The Hall–Kier alpha value is -3.08. The van der Waals surface area contributed by atoms with Gasteiger partial charge in [0.2, 0.25) is 5.91 Å². The van der Waals surface area contributed by atoms with Crippen molar-refractivity contribution in [3.05, 3.63) is 64.7 Å². The Labute approximate surface area is 179 Å². The average Bonchev–Trinajstić information content (AvgIpc) is 2.74. The highest BCUT2D eigenvalue weighted by Gasteiger charge is 2.37. The van der Waals surface area contributed by atoms with E-state index in [1.165, 1.54) is 12.1 Å². The van der Waals surface area contributed by atoms with Gasteiger partial charge in [0.05, 0.1) is 30.8 Å². The fourth-order valence-electron chi connectivity index (χ4n) is 3.09. The van der Waals surface area contributed by atoms with Crippen LogP contribution in [-0.2, 0) is 28.3 Å². The Kier molecular flexibility index (Phi) is 6.77. The van der Waals surface area contributed by atoms with E-state index in [-0.39, 0.29) is 24.1 Å². The monoisotopic (exact) mass is 460 g/mol. The molecule has 1 aliphatic heterocycles. The second-order valence-corrected chi connectivity index (χ2v) is 7.12. The first-order valence-corrected chi connectivity index (χ1v) is 9.49. The van der Waals surface area contributed by atoms with Gasteiger partial charge in [-0.3, -0.25) is 9.59 Å². The normalized spacial score (nSPS) is 14.9. The summed E-state index contributed by atoms with van der Waals surface area (Å²) in [6, 6.07) is 6.59. The van der Waals surface area contributed by atoms with Gasteiger partial charge < -0.3 is 15.0 Å². The Bertz CT molecular complexity index is 948. The molecule has 2 aromatic carbocycles. The van der Waals surface area contributed by atoms with Crippen LogP contribution in [-0.4, -0.2) is 43.0 Å². The molecule has 5 nitrogen and oxygen atoms in total. The number of hydrogen-bond acceptors (Lipinski definition) is 3. The van der Waals surface area contributed by atoms with Crippen molar-refractivity contribution in [1.82, 2.24) is 4.90 Å². The van der Waals surface area contributed by atoms with Crippen molar-refractivity contribution in [3.8, 4) is 0 Å². The number of alkyl halides is 6. The summed E-state index contributed by atoms with van der Waals surface area (Å²) in [7, 11) is 0. The molecule has 0 saturated carbocycles. The van der Waals surface area contributed by atoms with Gasteiger partial charge in [-0.1, -0.05) is 12.1 Å². The summed E-state index contributed by atoms with van der Waals surface area (Å²) in [4.78, 5) is 26.2. The summed E-state index contributed by atoms with van der Waals surface area (Å²) >= 11 is 0. The minimum Gasteiger partial charge on any atom is -0.378 e. The van der Waals surface area contributed by atoms with Gasteiger partial charge in [0.1, 0.15) is 0 Å². The third-order valence-electron chi connectivity index (χ3n) is 4.78. The number of anilines is 1. The molecule has 0 unspecified atom stereocenters. The molecular weight excluding hydrogens is 442 g/mol. The Balaban J connectivity index is 1.72. The third-order valence-corrected chi connectivity index (χ3v) is 4.78. The van der Waals surface area contributed by atoms with Crippen LogP contribution < -0.4 is 5.32 Å². The summed E-state index contributed by atoms with van der Waals surface area (Å²) in [5, 5.41) is 2.27. The fourth-order valence-corrected chi connectivity index (χ4v) is 3.09. The highest BCUT2D eigenvalue weighted by Crippen LogP contribution is 2.36. The molecule has 1 saturated heterocycles. The van der Waals surface area contributed by atoms with Gasteiger partial charge in [-0.2, -0.15) is 26.3 Å². The van der Waals surface area contributed by atoms with Crippen molar-refractivity contribution >= 4 is 17.5 Å². The van der Waals surface area contributed by atoms with Crippen molar-refractivity contribution in [2.45, 2.75) is 18.8 Å². The standard InChI is InChI=1S/C21H18F6N2O3/c22-20(23,24)15-10-14(11-16(12-15)21(25,26)27)19(31)28-17-3-1-13(2-4-17)9-18(30)29-5-7-32-8-6-29/h1-4,10-12H,5-9H2,(H,28,31). The molecule has 2 aromatic rings. The summed E-state index contributed by atoms with van der Waals surface area (Å²) in [5.41, 5.74) is -3.14. The van der Waals surface area contributed by atoms with Crippen molar-refractivity contribution in [2.75, 3.05) is 31.6 Å². The molecule has 2 amide bonds. The van der Waals surface area contributed by atoms with Crippen LogP contribution in [0.1, 0.15) is 27.0 Å². The van der Waals surface area contributed by atoms with Gasteiger partial charge in [0.25, 0.3) is 5.91 Å². The van der Waals surface area contributed by atoms with Gasteiger partial charge in [0.15, 0.2) is 0 Å². The second-order valence-electron chi connectivity index (χ2n) is 7.12. The second kappa shape index (κ2) is 9.19. The van der Waals surface area contributed by atoms with Gasteiger partial charge >= 0.3 is 12.4 Å². The number of amides is 2. The number of carbonyl (C=O) groups is 2. The quantitative estimate of drug-likeness (QED) is 0.690. The lowest BCUT2D eigenvalue weighted by Gasteiger charge is -2.26. The highest BCUT2D eigenvalue weighted by atomic mass is 19.4. The Morgan fingerprint density at radius 1 is 0.875 bits per heavy atom. The number of benzene rings is 2. The van der Waals surface area contributed by atoms with Gasteiger partial charge in [0, 0.05) is 24.3 Å². The fraction of sp³-hybridized carbons (Fsp3) is 0.333. The van der Waals surface area contributed by atoms with Gasteiger partial charge in [-0.05, 0) is 35.9 Å². The predicted molar refractivity (Wildman–Crippen MR) is 102 cm³/mol. The maximum absolute atomic E-state index is 13.0. The van der Waals surface area contributed by atoms with E-state index in [0.717, 1.165) is 0 Å². The zero-order chi connectivity index (χ0) is 23.5. The summed E-state index contributed by atoms with van der Waals surface area (Å²) in [6.45, 7) is 1.90. The molecular formula is C21H18F6N2O3. The van der Waals surface area contributed by atoms with Crippen molar-refractivity contribution < 1.29 is 40.7 Å². The number of carbonyl (C=O) groups excluding carboxylic acids is 2. The Morgan fingerprint density at radius 3 is 1.91 bits per heavy atom. The maximum atomic E-state index is 13.0. The smallest absolute Gasteiger partial charge is 0.378 e. The molecule has 0 atom stereocenters. The third kappa shape index (κ3) is 6.00. The van der Waals surface area contributed by atoms with Crippen LogP contribution in [0, 0.1) is 0 Å². The summed E-state index contributed by atoms with van der Waals surface area (Å²) < 4.78 is 83.0. The van der Waals surface area contributed by atoms with Crippen LogP contribution in [0.2, 0.25) is 0 Å². The summed E-state index contributed by atoms with van der Waals surface area (Å²) in [6.07, 6.45) is -9.99. The SMILES string of the molecule is O=C(Nc1ccc(CC(=O)N2CCOCC2)cc1)c1cc(C(F)(F)F)cc(C(F)(F)F)c1. The van der Waals surface area contributed by atoms with Crippen LogP contribution in [0.3, 0.4) is 0 Å². The van der Waals surface area contributed by atoms with Crippen molar-refractivity contribution in [3.63, 3.8) is 0 Å². The van der Waals surface area contributed by atoms with E-state index in [9.17, 15) is 35.9 Å². The molecule has 172 valence electrons. The molecule has 1 N–H and O–H groups in total. The number of morpholine rings is 1. The average molecular weight is 460 g/mol. The van der Waals surface area contributed by atoms with Crippen molar-refractivity contribution in [1.29, 1.82) is 0 Å². The molecule has 32 heavy (non-hydrogen) atoms. The number of rotatable bonds is 4. The first-order chi connectivity index (χ1) is 14.9. The molecule has 11 heteroatoms. The van der Waals surface area contributed by atoms with Gasteiger partial charge in [-0.25, -0.2) is 0 Å². The van der Waals surface area contributed by atoms with Gasteiger partial charge in [-0.15, -0.1) is 0 Å². The largest absolute Gasteiger partial charge is 0.416 e. The molecule has 3 rings (SSSR count). The lowest BCUT2D eigenvalue weighted by molar-refractivity contribution is -0.143. The van der Waals surface area contributed by atoms with Crippen LogP contribution in [0.5, 0.6) is 0 Å². The molecule has 0 radical (unpaired) electrons. The minimum absolute atomic E-state index is 0.0446. The molecule has 0 aromatic heterocycles. The summed E-state index contributed by atoms with van der Waals surface area (Å²) in [5.74, 6) is -1.23. The molecule has 1 aliphatic rings. The Morgan fingerprint density at radius 2 is 1.41 bits per heavy atom. The van der Waals surface area contributed by atoms with Crippen LogP contribution in [0.25, 0.3) is 0 Å². The zero-order valence-corrected chi connectivity index (χ0v) is 16.5. The number of ether oxygens (including phenoxy) is 1. The maximum Gasteiger partial charge on any atom is 0.416 e. The van der Waals surface area contributed by atoms with E-state index in [0.29, 0.717) is 44.0 Å². The molecule has 0 bridgehead atoms. The molecule has 0 aliphatic carbocycles. The predicted octanol–water partition coefficient (Wildman–Crippen LogP) is 4.38. The number of nitrogens with one attached hydrogen (secondary N) is 1. The van der Waals surface area contributed by atoms with E-state index in [2.05, 4.69) is 5.32 Å². The van der Waals surface area contributed by atoms with E-state index < -0.39 is 35.0 Å². The van der Waals surface area contributed by atoms with E-state index >= 15 is 0 Å². The van der Waals surface area contributed by atoms with Crippen LogP contribution in [0.15, 0.2) is 42.5 Å². The first kappa shape index (κ1) is 23.6. The van der Waals surface area contributed by atoms with E-state index in [4.69, 9.17) is 4.74 Å². The van der Waals surface area contributed by atoms with Crippen LogP contribution >= 0.6 is 0 Å². The molecule has 0 spiro atoms. The molecule has 1 fully saturated rings. The number of nitrogens with zero attached hydrogens (tertiary/aromatic N) is 1. The lowest BCUT2D eigenvalue weighted by atomic mass is 10.0. The molecule has 1 heterocycles. The zero-order valence-electron chi connectivity index (χ0n) is 16.5. The number of hydrogen-bond donors (Lipinski definition) is 1. The minimum atomic E-state index is -5.05. The lowest BCUT2D eigenvalue weighted by Crippen LogP contribution is -2.41. The van der Waals surface area contributed by atoms with E-state index in [1.807, 2.05) is 0 Å². The highest BCUT2D eigenvalue weighted by molar-refractivity contribution is 6.04. The van der Waals surface area contributed by atoms with E-state index in [1.54, 1.807) is 17.0 Å².